The maximum atomic E-state index is 12.0. The summed E-state index contributed by atoms with van der Waals surface area (Å²) >= 11 is 0. The zero-order valence-electron chi connectivity index (χ0n) is 12.4. The van der Waals surface area contributed by atoms with Crippen molar-refractivity contribution in [3.05, 3.63) is 24.3 Å². The highest BCUT2D eigenvalue weighted by Gasteiger charge is 2.11. The van der Waals surface area contributed by atoms with Crippen LogP contribution < -0.4 is 10.1 Å². The SMILES string of the molecule is CCN(CCO)C(=O)Nc1cccc(OCC(C)C)c1. The van der Waals surface area contributed by atoms with Crippen LogP contribution in [0.2, 0.25) is 0 Å². The van der Waals surface area contributed by atoms with Crippen molar-refractivity contribution >= 4 is 11.7 Å². The summed E-state index contributed by atoms with van der Waals surface area (Å²) in [5.41, 5.74) is 0.688. The van der Waals surface area contributed by atoms with Crippen LogP contribution in [0.3, 0.4) is 0 Å². The molecule has 0 fully saturated rings. The van der Waals surface area contributed by atoms with E-state index >= 15 is 0 Å². The van der Waals surface area contributed by atoms with E-state index in [0.29, 0.717) is 31.3 Å². The van der Waals surface area contributed by atoms with Gasteiger partial charge >= 0.3 is 6.03 Å². The zero-order chi connectivity index (χ0) is 15.0. The van der Waals surface area contributed by atoms with E-state index in [1.165, 1.54) is 0 Å². The summed E-state index contributed by atoms with van der Waals surface area (Å²) in [6.07, 6.45) is 0. The van der Waals surface area contributed by atoms with E-state index in [4.69, 9.17) is 9.84 Å². The lowest BCUT2D eigenvalue weighted by atomic mass is 10.2. The van der Waals surface area contributed by atoms with Gasteiger partial charge in [-0.2, -0.15) is 0 Å². The summed E-state index contributed by atoms with van der Waals surface area (Å²) in [7, 11) is 0. The minimum Gasteiger partial charge on any atom is -0.493 e. The number of aliphatic hydroxyl groups is 1. The van der Waals surface area contributed by atoms with E-state index < -0.39 is 0 Å². The summed E-state index contributed by atoms with van der Waals surface area (Å²) in [5, 5.41) is 11.7. The Labute approximate surface area is 120 Å². The van der Waals surface area contributed by atoms with Crippen LogP contribution in [0.15, 0.2) is 24.3 Å². The molecule has 0 aliphatic rings. The first-order valence-corrected chi connectivity index (χ1v) is 6.96. The second kappa shape index (κ2) is 8.43. The maximum Gasteiger partial charge on any atom is 0.321 e. The second-order valence-electron chi connectivity index (χ2n) is 4.97. The number of benzene rings is 1. The fourth-order valence-electron chi connectivity index (χ4n) is 1.65. The average Bonchev–Trinajstić information content (AvgIpc) is 2.42. The number of ether oxygens (including phenoxy) is 1. The summed E-state index contributed by atoms with van der Waals surface area (Å²) in [6, 6.07) is 7.10. The van der Waals surface area contributed by atoms with Gasteiger partial charge in [0.05, 0.1) is 13.2 Å². The van der Waals surface area contributed by atoms with Gasteiger partial charge in [0.25, 0.3) is 0 Å². The molecule has 5 nitrogen and oxygen atoms in total. The molecule has 0 saturated carbocycles. The molecule has 1 aromatic rings. The third-order valence-electron chi connectivity index (χ3n) is 2.71. The largest absolute Gasteiger partial charge is 0.493 e. The highest BCUT2D eigenvalue weighted by Crippen LogP contribution is 2.18. The molecular formula is C15H24N2O3. The standard InChI is InChI=1S/C15H24N2O3/c1-4-17(8-9-18)15(19)16-13-6-5-7-14(10-13)20-11-12(2)3/h5-7,10,12,18H,4,8-9,11H2,1-3H3,(H,16,19). The van der Waals surface area contributed by atoms with Crippen LogP contribution in [0, 0.1) is 5.92 Å². The number of carbonyl (C=O) groups is 1. The number of anilines is 1. The molecule has 1 rings (SSSR count). The molecule has 0 aliphatic heterocycles. The first kappa shape index (κ1) is 16.3. The van der Waals surface area contributed by atoms with Gasteiger partial charge in [-0.25, -0.2) is 4.79 Å². The van der Waals surface area contributed by atoms with Crippen LogP contribution in [0.1, 0.15) is 20.8 Å². The number of hydrogen-bond acceptors (Lipinski definition) is 3. The Morgan fingerprint density at radius 1 is 1.45 bits per heavy atom. The predicted octanol–water partition coefficient (Wildman–Crippen LogP) is 2.57. The molecular weight excluding hydrogens is 256 g/mol. The summed E-state index contributed by atoms with van der Waals surface area (Å²) < 4.78 is 5.62. The van der Waals surface area contributed by atoms with Gasteiger partial charge in [-0.05, 0) is 25.0 Å². The maximum absolute atomic E-state index is 12.0. The monoisotopic (exact) mass is 280 g/mol. The number of nitrogens with zero attached hydrogens (tertiary/aromatic N) is 1. The normalized spacial score (nSPS) is 10.4. The average molecular weight is 280 g/mol. The molecule has 0 spiro atoms. The minimum atomic E-state index is -0.220. The van der Waals surface area contributed by atoms with Gasteiger partial charge < -0.3 is 20.1 Å². The predicted molar refractivity (Wildman–Crippen MR) is 80.1 cm³/mol. The Kier molecular flexibility index (Phi) is 6.87. The number of rotatable bonds is 7. The molecule has 20 heavy (non-hydrogen) atoms. The van der Waals surface area contributed by atoms with Crippen LogP contribution in [0.5, 0.6) is 5.75 Å². The van der Waals surface area contributed by atoms with Crippen molar-refractivity contribution in [2.45, 2.75) is 20.8 Å². The van der Waals surface area contributed by atoms with Crippen molar-refractivity contribution in [2.24, 2.45) is 5.92 Å². The fraction of sp³-hybridized carbons (Fsp3) is 0.533. The highest BCUT2D eigenvalue weighted by atomic mass is 16.5. The molecule has 2 N–H and O–H groups in total. The topological polar surface area (TPSA) is 61.8 Å². The number of likely N-dealkylation sites (N-methyl/N-ethyl adjacent to an activating group) is 1. The number of urea groups is 1. The Morgan fingerprint density at radius 3 is 2.80 bits per heavy atom. The fourth-order valence-corrected chi connectivity index (χ4v) is 1.65. The number of hydrogen-bond donors (Lipinski definition) is 2. The van der Waals surface area contributed by atoms with Crippen molar-refractivity contribution < 1.29 is 14.6 Å². The van der Waals surface area contributed by atoms with E-state index in [9.17, 15) is 4.79 Å². The van der Waals surface area contributed by atoms with Gasteiger partial charge in [-0.1, -0.05) is 19.9 Å². The molecule has 0 saturated heterocycles. The van der Waals surface area contributed by atoms with Crippen LogP contribution in [-0.2, 0) is 0 Å². The molecule has 1 aromatic carbocycles. The molecule has 0 unspecified atom stereocenters. The van der Waals surface area contributed by atoms with Crippen LogP contribution in [0.4, 0.5) is 10.5 Å². The van der Waals surface area contributed by atoms with Gasteiger partial charge in [0.15, 0.2) is 0 Å². The molecule has 0 aromatic heterocycles. The Hall–Kier alpha value is -1.75. The van der Waals surface area contributed by atoms with Crippen molar-refractivity contribution in [3.8, 4) is 5.75 Å². The number of amides is 2. The lowest BCUT2D eigenvalue weighted by Crippen LogP contribution is -2.36. The van der Waals surface area contributed by atoms with E-state index in [1.807, 2.05) is 25.1 Å². The number of carbonyl (C=O) groups excluding carboxylic acids is 1. The van der Waals surface area contributed by atoms with Gasteiger partial charge in [0.1, 0.15) is 5.75 Å². The minimum absolute atomic E-state index is 0.0429. The highest BCUT2D eigenvalue weighted by molar-refractivity contribution is 5.89. The first-order chi connectivity index (χ1) is 9.56. The Morgan fingerprint density at radius 2 is 2.20 bits per heavy atom. The Balaban J connectivity index is 2.63. The third kappa shape index (κ3) is 5.48. The van der Waals surface area contributed by atoms with Gasteiger partial charge in [-0.3, -0.25) is 0 Å². The van der Waals surface area contributed by atoms with Crippen molar-refractivity contribution in [3.63, 3.8) is 0 Å². The molecule has 0 radical (unpaired) electrons. The molecule has 5 heteroatoms. The lowest BCUT2D eigenvalue weighted by molar-refractivity contribution is 0.192. The van der Waals surface area contributed by atoms with Crippen LogP contribution in [0.25, 0.3) is 0 Å². The number of aliphatic hydroxyl groups excluding tert-OH is 1. The third-order valence-corrected chi connectivity index (χ3v) is 2.71. The quantitative estimate of drug-likeness (QED) is 0.807. The van der Waals surface area contributed by atoms with Crippen LogP contribution in [-0.4, -0.2) is 42.3 Å². The van der Waals surface area contributed by atoms with E-state index in [2.05, 4.69) is 19.2 Å². The summed E-state index contributed by atoms with van der Waals surface area (Å²) in [5.74, 6) is 1.19. The van der Waals surface area contributed by atoms with Gasteiger partial charge in [0, 0.05) is 24.8 Å². The molecule has 2 amide bonds. The van der Waals surface area contributed by atoms with E-state index in [-0.39, 0.29) is 12.6 Å². The smallest absolute Gasteiger partial charge is 0.321 e. The molecule has 0 aliphatic carbocycles. The van der Waals surface area contributed by atoms with Crippen molar-refractivity contribution in [2.75, 3.05) is 31.6 Å². The summed E-state index contributed by atoms with van der Waals surface area (Å²) in [6.45, 7) is 7.51. The second-order valence-corrected chi connectivity index (χ2v) is 4.97. The first-order valence-electron chi connectivity index (χ1n) is 6.96. The molecule has 0 bridgehead atoms. The van der Waals surface area contributed by atoms with Crippen molar-refractivity contribution in [1.82, 2.24) is 4.90 Å². The van der Waals surface area contributed by atoms with Crippen molar-refractivity contribution in [1.29, 1.82) is 0 Å². The van der Waals surface area contributed by atoms with Gasteiger partial charge in [0.2, 0.25) is 0 Å². The zero-order valence-corrected chi connectivity index (χ0v) is 12.4. The molecule has 0 atom stereocenters. The van der Waals surface area contributed by atoms with Crippen LogP contribution >= 0.6 is 0 Å². The van der Waals surface area contributed by atoms with Gasteiger partial charge in [-0.15, -0.1) is 0 Å². The number of nitrogens with one attached hydrogen (secondary N) is 1. The van der Waals surface area contributed by atoms with E-state index in [0.717, 1.165) is 5.75 Å². The Bertz CT molecular complexity index is 421. The summed E-state index contributed by atoms with van der Waals surface area (Å²) in [4.78, 5) is 13.5. The molecule has 112 valence electrons. The lowest BCUT2D eigenvalue weighted by Gasteiger charge is -2.20. The van der Waals surface area contributed by atoms with E-state index in [1.54, 1.807) is 11.0 Å². The molecule has 0 heterocycles.